The lowest BCUT2D eigenvalue weighted by Crippen LogP contribution is -2.41. The van der Waals surface area contributed by atoms with Gasteiger partial charge in [-0.2, -0.15) is 0 Å². The Morgan fingerprint density at radius 3 is 2.50 bits per heavy atom. The van der Waals surface area contributed by atoms with Crippen LogP contribution >= 0.6 is 0 Å². The Bertz CT molecular complexity index is 684. The van der Waals surface area contributed by atoms with Gasteiger partial charge in [-0.25, -0.2) is 9.97 Å². The summed E-state index contributed by atoms with van der Waals surface area (Å²) in [4.78, 5) is 22.2. The van der Waals surface area contributed by atoms with Gasteiger partial charge in [0.2, 0.25) is 5.95 Å². The molecule has 2 fully saturated rings. The zero-order valence-corrected chi connectivity index (χ0v) is 16.9. The molecule has 0 unspecified atom stereocenters. The fourth-order valence-electron chi connectivity index (χ4n) is 3.25. The Morgan fingerprint density at radius 1 is 1.32 bits per heavy atom. The van der Waals surface area contributed by atoms with Crippen molar-refractivity contribution in [1.82, 2.24) is 14.9 Å². The first-order valence-corrected chi connectivity index (χ1v) is 9.62. The minimum absolute atomic E-state index is 0.237. The molecule has 28 heavy (non-hydrogen) atoms. The van der Waals surface area contributed by atoms with Crippen molar-refractivity contribution in [1.29, 1.82) is 0 Å². The van der Waals surface area contributed by atoms with Crippen LogP contribution in [0.4, 0.5) is 5.95 Å². The van der Waals surface area contributed by atoms with Crippen molar-refractivity contribution in [2.45, 2.75) is 51.4 Å². The number of rotatable bonds is 6. The molecule has 9 nitrogen and oxygen atoms in total. The van der Waals surface area contributed by atoms with E-state index in [0.717, 1.165) is 11.9 Å². The summed E-state index contributed by atoms with van der Waals surface area (Å²) in [6.07, 6.45) is 2.87. The van der Waals surface area contributed by atoms with Gasteiger partial charge in [0.25, 0.3) is 5.91 Å². The number of nitrogens with one attached hydrogen (secondary N) is 1. The highest BCUT2D eigenvalue weighted by atomic mass is 16.7. The average molecular weight is 392 g/mol. The number of anilines is 1. The molecule has 1 aromatic rings. The predicted octanol–water partition coefficient (Wildman–Crippen LogP) is -0.611. The highest BCUT2D eigenvalue weighted by Crippen LogP contribution is 2.36. The zero-order chi connectivity index (χ0) is 20.5. The smallest absolute Gasteiger partial charge is 0.399 e. The van der Waals surface area contributed by atoms with Crippen LogP contribution in [0.2, 0.25) is 0 Å². The van der Waals surface area contributed by atoms with Crippen molar-refractivity contribution in [3.63, 3.8) is 0 Å². The van der Waals surface area contributed by atoms with E-state index >= 15 is 0 Å². The van der Waals surface area contributed by atoms with Gasteiger partial charge in [-0.1, -0.05) is 0 Å². The number of aromatic nitrogens is 2. The summed E-state index contributed by atoms with van der Waals surface area (Å²) in [5.74, 6) is 0.315. The minimum atomic E-state index is -1.34. The number of aliphatic hydroxyl groups excluding tert-OH is 2. The highest BCUT2D eigenvalue weighted by molar-refractivity contribution is 6.61. The Hall–Kier alpha value is -1.75. The molecule has 2 saturated heterocycles. The quantitative estimate of drug-likeness (QED) is 0.549. The SMILES string of the molecule is CC1(C)OB(c2cnc(NC[C@@H]3CCN(C(=O)[C@H](O)CO)C3)nc2)OC1(C)C. The number of hydrogen-bond acceptors (Lipinski definition) is 8. The lowest BCUT2D eigenvalue weighted by Gasteiger charge is -2.32. The highest BCUT2D eigenvalue weighted by Gasteiger charge is 2.51. The van der Waals surface area contributed by atoms with Gasteiger partial charge in [-0.3, -0.25) is 4.79 Å². The number of hydrogen-bond donors (Lipinski definition) is 3. The lowest BCUT2D eigenvalue weighted by atomic mass is 9.81. The summed E-state index contributed by atoms with van der Waals surface area (Å²) in [6, 6.07) is 0. The van der Waals surface area contributed by atoms with Crippen LogP contribution in [0.3, 0.4) is 0 Å². The molecule has 0 saturated carbocycles. The maximum Gasteiger partial charge on any atom is 0.498 e. The fourth-order valence-corrected chi connectivity index (χ4v) is 3.25. The summed E-state index contributed by atoms with van der Waals surface area (Å²) in [7, 11) is -0.494. The van der Waals surface area contributed by atoms with Gasteiger partial charge in [-0.15, -0.1) is 0 Å². The monoisotopic (exact) mass is 392 g/mol. The van der Waals surface area contributed by atoms with E-state index in [4.69, 9.17) is 14.4 Å². The van der Waals surface area contributed by atoms with Crippen LogP contribution in [-0.2, 0) is 14.1 Å². The van der Waals surface area contributed by atoms with E-state index in [1.165, 1.54) is 0 Å². The van der Waals surface area contributed by atoms with Crippen molar-refractivity contribution in [3.8, 4) is 0 Å². The number of aliphatic hydroxyl groups is 2. The van der Waals surface area contributed by atoms with Gasteiger partial charge < -0.3 is 29.7 Å². The Morgan fingerprint density at radius 2 is 1.93 bits per heavy atom. The third-order valence-corrected chi connectivity index (χ3v) is 5.80. The molecule has 0 radical (unpaired) electrons. The molecule has 10 heteroatoms. The van der Waals surface area contributed by atoms with Crippen molar-refractivity contribution in [2.75, 3.05) is 31.6 Å². The van der Waals surface area contributed by atoms with E-state index < -0.39 is 36.9 Å². The van der Waals surface area contributed by atoms with Crippen LogP contribution in [0.15, 0.2) is 12.4 Å². The molecule has 154 valence electrons. The molecular weight excluding hydrogens is 363 g/mol. The third-order valence-electron chi connectivity index (χ3n) is 5.80. The van der Waals surface area contributed by atoms with E-state index in [1.54, 1.807) is 17.3 Å². The average Bonchev–Trinajstić information content (AvgIpc) is 3.21. The molecule has 0 spiro atoms. The summed E-state index contributed by atoms with van der Waals surface area (Å²) in [5.41, 5.74) is -0.0617. The van der Waals surface area contributed by atoms with Gasteiger partial charge in [0.15, 0.2) is 6.10 Å². The zero-order valence-electron chi connectivity index (χ0n) is 16.9. The molecule has 2 aliphatic rings. The molecule has 3 N–H and O–H groups in total. The number of likely N-dealkylation sites (tertiary alicyclic amines) is 1. The van der Waals surface area contributed by atoms with Crippen LogP contribution in [0.5, 0.6) is 0 Å². The molecule has 0 bridgehead atoms. The first-order valence-electron chi connectivity index (χ1n) is 9.62. The Kier molecular flexibility index (Phi) is 5.95. The maximum absolute atomic E-state index is 11.9. The normalized spacial score (nSPS) is 24.4. The molecule has 0 aromatic carbocycles. The van der Waals surface area contributed by atoms with E-state index in [-0.39, 0.29) is 5.92 Å². The lowest BCUT2D eigenvalue weighted by molar-refractivity contribution is -0.141. The Labute approximate surface area is 165 Å². The molecule has 2 aliphatic heterocycles. The van der Waals surface area contributed by atoms with Crippen molar-refractivity contribution in [2.24, 2.45) is 5.92 Å². The van der Waals surface area contributed by atoms with Gasteiger partial charge in [-0.05, 0) is 40.0 Å². The van der Waals surface area contributed by atoms with Gasteiger partial charge in [0.1, 0.15) is 0 Å². The number of carbonyl (C=O) groups is 1. The molecular formula is C18H29BN4O5. The number of nitrogens with zero attached hydrogens (tertiary/aromatic N) is 3. The minimum Gasteiger partial charge on any atom is -0.399 e. The van der Waals surface area contributed by atoms with Crippen LogP contribution in [0, 0.1) is 5.92 Å². The third kappa shape index (κ3) is 4.30. The largest absolute Gasteiger partial charge is 0.498 e. The topological polar surface area (TPSA) is 117 Å². The van der Waals surface area contributed by atoms with Crippen molar-refractivity contribution >= 4 is 24.4 Å². The molecule has 2 atom stereocenters. The molecule has 3 rings (SSSR count). The summed E-state index contributed by atoms with van der Waals surface area (Å²) in [6.45, 7) is 9.17. The Balaban J connectivity index is 1.50. The van der Waals surface area contributed by atoms with E-state index in [0.29, 0.717) is 25.6 Å². The van der Waals surface area contributed by atoms with Crippen LogP contribution in [-0.4, -0.2) is 81.7 Å². The first kappa shape index (κ1) is 21.0. The molecule has 1 amide bonds. The van der Waals surface area contributed by atoms with E-state index in [2.05, 4.69) is 15.3 Å². The first-order chi connectivity index (χ1) is 13.1. The standard InChI is InChI=1S/C18H29BN4O5/c1-17(2)18(3,4)28-19(27-17)13-8-21-16(22-9-13)20-7-12-5-6-23(10-12)15(26)14(25)11-24/h8-9,12,14,24-25H,5-7,10-11H2,1-4H3,(H,20,21,22)/t12-,14+/m0/s1. The van der Waals surface area contributed by atoms with Gasteiger partial charge in [0, 0.05) is 37.5 Å². The van der Waals surface area contributed by atoms with Crippen LogP contribution in [0.25, 0.3) is 0 Å². The molecule has 3 heterocycles. The summed E-state index contributed by atoms with van der Waals surface area (Å²) in [5, 5.41) is 21.5. The predicted molar refractivity (Wildman–Crippen MR) is 104 cm³/mol. The number of amides is 1. The number of carbonyl (C=O) groups excluding carboxylic acids is 1. The van der Waals surface area contributed by atoms with E-state index in [9.17, 15) is 9.90 Å². The summed E-state index contributed by atoms with van der Waals surface area (Å²) < 4.78 is 12.0. The van der Waals surface area contributed by atoms with Crippen LogP contribution in [0.1, 0.15) is 34.1 Å². The second-order valence-corrected chi connectivity index (χ2v) is 8.45. The van der Waals surface area contributed by atoms with Crippen LogP contribution < -0.4 is 10.8 Å². The molecule has 1 aromatic heterocycles. The van der Waals surface area contributed by atoms with Gasteiger partial charge >= 0.3 is 7.12 Å². The second-order valence-electron chi connectivity index (χ2n) is 8.45. The summed E-state index contributed by atoms with van der Waals surface area (Å²) >= 11 is 0. The van der Waals surface area contributed by atoms with E-state index in [1.807, 2.05) is 27.7 Å². The van der Waals surface area contributed by atoms with Crippen molar-refractivity contribution < 1.29 is 24.3 Å². The molecule has 0 aliphatic carbocycles. The maximum atomic E-state index is 11.9. The second kappa shape index (κ2) is 7.94. The van der Waals surface area contributed by atoms with Crippen molar-refractivity contribution in [3.05, 3.63) is 12.4 Å². The fraction of sp³-hybridized carbons (Fsp3) is 0.722. The van der Waals surface area contributed by atoms with Gasteiger partial charge in [0.05, 0.1) is 17.8 Å².